The molecule has 0 unspecified atom stereocenters. The van der Waals surface area contributed by atoms with E-state index in [1.807, 2.05) is 0 Å². The Hall–Kier alpha value is -3.33. The van der Waals surface area contributed by atoms with Gasteiger partial charge in [-0.05, 0) is 60.2 Å². The average Bonchev–Trinajstić information content (AvgIpc) is 3.05. The van der Waals surface area contributed by atoms with E-state index in [0.717, 1.165) is 22.2 Å². The molecule has 0 saturated carbocycles. The summed E-state index contributed by atoms with van der Waals surface area (Å²) in [5.41, 5.74) is 1.41. The number of thioether (sulfide) groups is 1. The van der Waals surface area contributed by atoms with Gasteiger partial charge in [-0.2, -0.15) is 0 Å². The lowest BCUT2D eigenvalue weighted by Crippen LogP contribution is -2.42. The quantitative estimate of drug-likeness (QED) is 0.470. The first-order valence-corrected chi connectivity index (χ1v) is 10.1. The van der Waals surface area contributed by atoms with Crippen molar-refractivity contribution in [3.63, 3.8) is 0 Å². The lowest BCUT2D eigenvalue weighted by molar-refractivity contribution is -0.148. The van der Waals surface area contributed by atoms with Crippen molar-refractivity contribution in [2.75, 3.05) is 14.2 Å². The molecule has 1 atom stereocenters. The molecule has 0 aromatic heterocycles. The van der Waals surface area contributed by atoms with Crippen molar-refractivity contribution in [3.8, 4) is 11.5 Å². The smallest absolute Gasteiger partial charge is 0.328 e. The zero-order valence-corrected chi connectivity index (χ0v) is 17.9. The van der Waals surface area contributed by atoms with Gasteiger partial charge < -0.3 is 14.2 Å². The zero-order chi connectivity index (χ0) is 22.5. The molecule has 1 fully saturated rings. The Morgan fingerprint density at radius 3 is 2.48 bits per heavy atom. The summed E-state index contributed by atoms with van der Waals surface area (Å²) in [6.07, 6.45) is 1.54. The van der Waals surface area contributed by atoms with Crippen molar-refractivity contribution in [2.24, 2.45) is 0 Å². The maximum absolute atomic E-state index is 13.0. The summed E-state index contributed by atoms with van der Waals surface area (Å²) in [5.74, 6) is -0.665. The molecular formula is C22H20FNO6S. The number of nitrogens with zero attached hydrogens (tertiary/aromatic N) is 1. The van der Waals surface area contributed by atoms with E-state index in [1.165, 1.54) is 33.3 Å². The van der Waals surface area contributed by atoms with Crippen molar-refractivity contribution in [1.82, 2.24) is 4.90 Å². The van der Waals surface area contributed by atoms with Crippen LogP contribution in [-0.2, 0) is 20.9 Å². The predicted octanol–water partition coefficient (Wildman–Crippen LogP) is 4.01. The van der Waals surface area contributed by atoms with Gasteiger partial charge >= 0.3 is 5.97 Å². The summed E-state index contributed by atoms with van der Waals surface area (Å²) in [6, 6.07) is 10.00. The molecule has 1 aliphatic heterocycles. The van der Waals surface area contributed by atoms with Crippen LogP contribution >= 0.6 is 11.8 Å². The molecule has 0 N–H and O–H groups in total. The van der Waals surface area contributed by atoms with Gasteiger partial charge in [0.05, 0.1) is 19.1 Å². The van der Waals surface area contributed by atoms with Crippen molar-refractivity contribution in [1.29, 1.82) is 0 Å². The molecule has 31 heavy (non-hydrogen) atoms. The van der Waals surface area contributed by atoms with Crippen LogP contribution in [0.5, 0.6) is 11.5 Å². The van der Waals surface area contributed by atoms with Gasteiger partial charge in [-0.25, -0.2) is 9.18 Å². The third-order valence-corrected chi connectivity index (χ3v) is 5.43. The number of hydrogen-bond donors (Lipinski definition) is 0. The van der Waals surface area contributed by atoms with E-state index in [-0.39, 0.29) is 17.3 Å². The van der Waals surface area contributed by atoms with Crippen molar-refractivity contribution in [2.45, 2.75) is 19.6 Å². The number of rotatable bonds is 7. The van der Waals surface area contributed by atoms with Crippen LogP contribution in [0.1, 0.15) is 18.1 Å². The molecule has 0 bridgehead atoms. The number of esters is 1. The number of imide groups is 1. The van der Waals surface area contributed by atoms with E-state index >= 15 is 0 Å². The molecule has 1 aliphatic rings. The Morgan fingerprint density at radius 2 is 1.84 bits per heavy atom. The van der Waals surface area contributed by atoms with Crippen LogP contribution in [0.4, 0.5) is 9.18 Å². The summed E-state index contributed by atoms with van der Waals surface area (Å²) in [4.78, 5) is 37.6. The fraction of sp³-hybridized carbons (Fsp3) is 0.227. The maximum Gasteiger partial charge on any atom is 0.328 e. The Labute approximate surface area is 182 Å². The summed E-state index contributed by atoms with van der Waals surface area (Å²) < 4.78 is 28.8. The number of benzene rings is 2. The summed E-state index contributed by atoms with van der Waals surface area (Å²) in [7, 11) is 2.68. The minimum absolute atomic E-state index is 0.183. The van der Waals surface area contributed by atoms with Crippen LogP contribution in [0.3, 0.4) is 0 Å². The minimum Gasteiger partial charge on any atom is -0.493 e. The van der Waals surface area contributed by atoms with E-state index in [1.54, 1.807) is 36.4 Å². The summed E-state index contributed by atoms with van der Waals surface area (Å²) >= 11 is 0.747. The van der Waals surface area contributed by atoms with Crippen LogP contribution in [0.2, 0.25) is 0 Å². The Kier molecular flexibility index (Phi) is 6.96. The van der Waals surface area contributed by atoms with Gasteiger partial charge in [0.1, 0.15) is 18.5 Å². The summed E-state index contributed by atoms with van der Waals surface area (Å²) in [5, 5.41) is -0.541. The molecule has 0 aliphatic carbocycles. The largest absolute Gasteiger partial charge is 0.493 e. The van der Waals surface area contributed by atoms with E-state index in [2.05, 4.69) is 4.74 Å². The highest BCUT2D eigenvalue weighted by molar-refractivity contribution is 8.18. The van der Waals surface area contributed by atoms with E-state index in [0.29, 0.717) is 17.1 Å². The monoisotopic (exact) mass is 445 g/mol. The zero-order valence-electron chi connectivity index (χ0n) is 17.1. The standard InChI is InChI=1S/C22H20FNO6S/c1-13(21(26)29-3)24-20(25)19(31-22(24)27)11-15-6-9-17(18(10-15)28-2)30-12-14-4-7-16(23)8-5-14/h4-11,13H,12H2,1-3H3/b19-11+/t13-/m1/s1. The molecular weight excluding hydrogens is 425 g/mol. The van der Waals surface area contributed by atoms with Crippen molar-refractivity contribution >= 4 is 35.0 Å². The van der Waals surface area contributed by atoms with Crippen LogP contribution in [-0.4, -0.2) is 42.3 Å². The van der Waals surface area contributed by atoms with Gasteiger partial charge in [0, 0.05) is 0 Å². The number of ether oxygens (including phenoxy) is 3. The molecule has 7 nitrogen and oxygen atoms in total. The van der Waals surface area contributed by atoms with E-state index < -0.39 is 23.2 Å². The first kappa shape index (κ1) is 22.4. The SMILES string of the molecule is COC(=O)[C@@H](C)N1C(=O)S/C(=C/c2ccc(OCc3ccc(F)cc3)c(OC)c2)C1=O. The van der Waals surface area contributed by atoms with Gasteiger partial charge in [0.15, 0.2) is 11.5 Å². The molecule has 162 valence electrons. The van der Waals surface area contributed by atoms with Gasteiger partial charge in [0.2, 0.25) is 0 Å². The number of halogens is 1. The molecule has 1 saturated heterocycles. The molecule has 0 radical (unpaired) electrons. The molecule has 2 aromatic rings. The average molecular weight is 445 g/mol. The van der Waals surface area contributed by atoms with Gasteiger partial charge in [0.25, 0.3) is 11.1 Å². The van der Waals surface area contributed by atoms with Crippen LogP contribution in [0.25, 0.3) is 6.08 Å². The van der Waals surface area contributed by atoms with Crippen molar-refractivity contribution in [3.05, 3.63) is 64.3 Å². The normalized spacial score (nSPS) is 15.9. The van der Waals surface area contributed by atoms with Crippen LogP contribution in [0.15, 0.2) is 47.4 Å². The van der Waals surface area contributed by atoms with Crippen LogP contribution < -0.4 is 9.47 Å². The first-order chi connectivity index (χ1) is 14.8. The second kappa shape index (κ2) is 9.65. The number of amides is 2. The molecule has 2 aromatic carbocycles. The number of carbonyl (C=O) groups is 3. The molecule has 3 rings (SSSR count). The van der Waals surface area contributed by atoms with Gasteiger partial charge in [-0.15, -0.1) is 0 Å². The van der Waals surface area contributed by atoms with Crippen LogP contribution in [0, 0.1) is 5.82 Å². The van der Waals surface area contributed by atoms with E-state index in [4.69, 9.17) is 9.47 Å². The highest BCUT2D eigenvalue weighted by atomic mass is 32.2. The highest BCUT2D eigenvalue weighted by Gasteiger charge is 2.41. The lowest BCUT2D eigenvalue weighted by atomic mass is 10.1. The second-order valence-corrected chi connectivity index (χ2v) is 7.57. The van der Waals surface area contributed by atoms with Crippen molar-refractivity contribution < 1.29 is 33.0 Å². The first-order valence-electron chi connectivity index (χ1n) is 9.24. The Morgan fingerprint density at radius 1 is 1.13 bits per heavy atom. The molecule has 9 heteroatoms. The number of hydrogen-bond acceptors (Lipinski definition) is 7. The fourth-order valence-corrected chi connectivity index (χ4v) is 3.78. The summed E-state index contributed by atoms with van der Waals surface area (Å²) in [6.45, 7) is 1.65. The number of methoxy groups -OCH3 is 2. The van der Waals surface area contributed by atoms with Gasteiger partial charge in [-0.3, -0.25) is 14.5 Å². The molecule has 0 spiro atoms. The Bertz CT molecular complexity index is 1040. The maximum atomic E-state index is 13.0. The highest BCUT2D eigenvalue weighted by Crippen LogP contribution is 2.35. The predicted molar refractivity (Wildman–Crippen MR) is 113 cm³/mol. The third-order valence-electron chi connectivity index (χ3n) is 4.55. The van der Waals surface area contributed by atoms with E-state index in [9.17, 15) is 18.8 Å². The fourth-order valence-electron chi connectivity index (χ4n) is 2.88. The topological polar surface area (TPSA) is 82.1 Å². The Balaban J connectivity index is 1.76. The molecule has 1 heterocycles. The lowest BCUT2D eigenvalue weighted by Gasteiger charge is -2.18. The minimum atomic E-state index is -1.01. The number of carbonyl (C=O) groups excluding carboxylic acids is 3. The second-order valence-electron chi connectivity index (χ2n) is 6.58. The third kappa shape index (κ3) is 5.05. The van der Waals surface area contributed by atoms with Gasteiger partial charge in [-0.1, -0.05) is 18.2 Å². The molecule has 2 amide bonds.